The predicted molar refractivity (Wildman–Crippen MR) is 63.7 cm³/mol. The van der Waals surface area contributed by atoms with Gasteiger partial charge in [0.15, 0.2) is 11.5 Å². The topological polar surface area (TPSA) is 41.5 Å². The van der Waals surface area contributed by atoms with E-state index in [1.165, 1.54) is 0 Å². The van der Waals surface area contributed by atoms with Crippen LogP contribution in [-0.4, -0.2) is 18.3 Å². The maximum atomic E-state index is 9.62. The van der Waals surface area contributed by atoms with E-state index in [0.29, 0.717) is 11.8 Å². The number of rotatable bonds is 4. The summed E-state index contributed by atoms with van der Waals surface area (Å²) in [7, 11) is 1.55. The number of methoxy groups -OCH3 is 1. The molecule has 0 heterocycles. The smallest absolute Gasteiger partial charge is 0.160 e. The van der Waals surface area contributed by atoms with E-state index < -0.39 is 0 Å². The molecule has 0 aromatic heterocycles. The minimum absolute atomic E-state index is 0.200. The monoisotopic (exact) mass is 219 g/mol. The van der Waals surface area contributed by atoms with E-state index in [0.717, 1.165) is 24.9 Å². The number of phenolic OH excluding ortho intramolecular Hbond substituents is 1. The van der Waals surface area contributed by atoms with Crippen molar-refractivity contribution in [1.29, 1.82) is 0 Å². The van der Waals surface area contributed by atoms with Gasteiger partial charge in [0.2, 0.25) is 0 Å². The summed E-state index contributed by atoms with van der Waals surface area (Å²) in [4.78, 5) is 0. The van der Waals surface area contributed by atoms with Crippen molar-refractivity contribution in [1.82, 2.24) is 5.32 Å². The molecule has 0 saturated heterocycles. The number of ether oxygens (including phenoxy) is 1. The molecule has 0 atom stereocenters. The molecule has 3 heteroatoms. The van der Waals surface area contributed by atoms with Crippen LogP contribution in [0.15, 0.2) is 30.4 Å². The molecule has 3 nitrogen and oxygen atoms in total. The SMILES string of the molecule is COc1ccc(CNC2CC=CC2)cc1O. The van der Waals surface area contributed by atoms with Crippen LogP contribution in [0.2, 0.25) is 0 Å². The van der Waals surface area contributed by atoms with Crippen molar-refractivity contribution in [3.05, 3.63) is 35.9 Å². The molecule has 0 aliphatic heterocycles. The molecule has 0 unspecified atom stereocenters. The molecule has 0 radical (unpaired) electrons. The largest absolute Gasteiger partial charge is 0.504 e. The molecule has 1 aliphatic rings. The Morgan fingerprint density at radius 3 is 2.75 bits per heavy atom. The Morgan fingerprint density at radius 1 is 1.38 bits per heavy atom. The molecule has 0 fully saturated rings. The standard InChI is InChI=1S/C13H17NO2/c1-16-13-7-6-10(8-12(13)15)9-14-11-4-2-3-5-11/h2-3,6-8,11,14-15H,4-5,9H2,1H3. The third-order valence-electron chi connectivity index (χ3n) is 2.85. The summed E-state index contributed by atoms with van der Waals surface area (Å²) in [6, 6.07) is 6.05. The summed E-state index contributed by atoms with van der Waals surface area (Å²) in [5.74, 6) is 0.720. The van der Waals surface area contributed by atoms with Crippen LogP contribution >= 0.6 is 0 Å². The van der Waals surface area contributed by atoms with Crippen molar-refractivity contribution >= 4 is 0 Å². The third kappa shape index (κ3) is 2.55. The van der Waals surface area contributed by atoms with Crippen molar-refractivity contribution in [2.24, 2.45) is 0 Å². The van der Waals surface area contributed by atoms with E-state index in [-0.39, 0.29) is 5.75 Å². The lowest BCUT2D eigenvalue weighted by Crippen LogP contribution is -2.25. The Kier molecular flexibility index (Phi) is 3.47. The van der Waals surface area contributed by atoms with Crippen molar-refractivity contribution in [3.8, 4) is 11.5 Å². The van der Waals surface area contributed by atoms with Crippen molar-refractivity contribution in [3.63, 3.8) is 0 Å². The van der Waals surface area contributed by atoms with Crippen LogP contribution in [0.3, 0.4) is 0 Å². The summed E-state index contributed by atoms with van der Waals surface area (Å²) in [6.45, 7) is 0.782. The fraction of sp³-hybridized carbons (Fsp3) is 0.385. The van der Waals surface area contributed by atoms with Gasteiger partial charge >= 0.3 is 0 Å². The molecule has 1 aliphatic carbocycles. The van der Waals surface area contributed by atoms with Crippen LogP contribution in [0.1, 0.15) is 18.4 Å². The number of phenols is 1. The van der Waals surface area contributed by atoms with E-state index in [9.17, 15) is 5.11 Å². The molecule has 2 N–H and O–H groups in total. The maximum absolute atomic E-state index is 9.62. The summed E-state index contributed by atoms with van der Waals surface area (Å²) >= 11 is 0. The fourth-order valence-electron chi connectivity index (χ4n) is 1.89. The Balaban J connectivity index is 1.91. The zero-order chi connectivity index (χ0) is 11.4. The Bertz CT molecular complexity index is 380. The lowest BCUT2D eigenvalue weighted by molar-refractivity contribution is 0.373. The molecular formula is C13H17NO2. The van der Waals surface area contributed by atoms with Crippen LogP contribution in [0.4, 0.5) is 0 Å². The lowest BCUT2D eigenvalue weighted by atomic mass is 10.1. The molecule has 0 bridgehead atoms. The van der Waals surface area contributed by atoms with Crippen molar-refractivity contribution in [2.75, 3.05) is 7.11 Å². The van der Waals surface area contributed by atoms with Crippen LogP contribution in [0, 0.1) is 0 Å². The quantitative estimate of drug-likeness (QED) is 0.763. The first-order valence-corrected chi connectivity index (χ1v) is 5.54. The molecule has 86 valence electrons. The first kappa shape index (κ1) is 11.0. The number of benzene rings is 1. The number of nitrogens with one attached hydrogen (secondary N) is 1. The molecule has 1 aromatic carbocycles. The average molecular weight is 219 g/mol. The van der Waals surface area contributed by atoms with Gasteiger partial charge in [0.05, 0.1) is 7.11 Å². The second-order valence-corrected chi connectivity index (χ2v) is 4.03. The minimum atomic E-state index is 0.200. The Labute approximate surface area is 95.7 Å². The third-order valence-corrected chi connectivity index (χ3v) is 2.85. The highest BCUT2D eigenvalue weighted by atomic mass is 16.5. The molecular weight excluding hydrogens is 202 g/mol. The molecule has 0 spiro atoms. The molecule has 2 rings (SSSR count). The second kappa shape index (κ2) is 5.03. The Morgan fingerprint density at radius 2 is 2.12 bits per heavy atom. The number of aromatic hydroxyl groups is 1. The summed E-state index contributed by atoms with van der Waals surface area (Å²) in [5.41, 5.74) is 1.07. The zero-order valence-corrected chi connectivity index (χ0v) is 9.44. The van der Waals surface area contributed by atoms with Gasteiger partial charge in [-0.25, -0.2) is 0 Å². The van der Waals surface area contributed by atoms with E-state index >= 15 is 0 Å². The van der Waals surface area contributed by atoms with E-state index in [1.54, 1.807) is 19.2 Å². The van der Waals surface area contributed by atoms with Gasteiger partial charge in [-0.1, -0.05) is 18.2 Å². The van der Waals surface area contributed by atoms with E-state index in [4.69, 9.17) is 4.74 Å². The first-order chi connectivity index (χ1) is 7.79. The van der Waals surface area contributed by atoms with Crippen LogP contribution in [-0.2, 0) is 6.54 Å². The molecule has 16 heavy (non-hydrogen) atoms. The normalized spacial score (nSPS) is 15.6. The van der Waals surface area contributed by atoms with Crippen LogP contribution in [0.5, 0.6) is 11.5 Å². The van der Waals surface area contributed by atoms with Gasteiger partial charge in [-0.3, -0.25) is 0 Å². The van der Waals surface area contributed by atoms with E-state index in [1.807, 2.05) is 6.07 Å². The lowest BCUT2D eigenvalue weighted by Gasteiger charge is -2.12. The average Bonchev–Trinajstić information content (AvgIpc) is 2.79. The molecule has 1 aromatic rings. The van der Waals surface area contributed by atoms with E-state index in [2.05, 4.69) is 17.5 Å². The van der Waals surface area contributed by atoms with Gasteiger partial charge in [0.25, 0.3) is 0 Å². The van der Waals surface area contributed by atoms with Crippen LogP contribution in [0.25, 0.3) is 0 Å². The zero-order valence-electron chi connectivity index (χ0n) is 9.44. The van der Waals surface area contributed by atoms with Gasteiger partial charge in [-0.2, -0.15) is 0 Å². The second-order valence-electron chi connectivity index (χ2n) is 4.03. The van der Waals surface area contributed by atoms with Gasteiger partial charge in [0.1, 0.15) is 0 Å². The van der Waals surface area contributed by atoms with Crippen molar-refractivity contribution in [2.45, 2.75) is 25.4 Å². The molecule has 0 saturated carbocycles. The number of hydrogen-bond donors (Lipinski definition) is 2. The number of hydrogen-bond acceptors (Lipinski definition) is 3. The summed E-state index contributed by atoms with van der Waals surface area (Å²) in [5, 5.41) is 13.1. The summed E-state index contributed by atoms with van der Waals surface area (Å²) in [6.07, 6.45) is 6.59. The highest BCUT2D eigenvalue weighted by Crippen LogP contribution is 2.26. The highest BCUT2D eigenvalue weighted by Gasteiger charge is 2.09. The minimum Gasteiger partial charge on any atom is -0.504 e. The Hall–Kier alpha value is -1.48. The van der Waals surface area contributed by atoms with Gasteiger partial charge in [-0.05, 0) is 30.5 Å². The predicted octanol–water partition coefficient (Wildman–Crippen LogP) is 2.21. The van der Waals surface area contributed by atoms with Gasteiger partial charge in [0, 0.05) is 12.6 Å². The van der Waals surface area contributed by atoms with Gasteiger partial charge < -0.3 is 15.2 Å². The van der Waals surface area contributed by atoms with Crippen molar-refractivity contribution < 1.29 is 9.84 Å². The highest BCUT2D eigenvalue weighted by molar-refractivity contribution is 5.41. The molecule has 0 amide bonds. The maximum Gasteiger partial charge on any atom is 0.160 e. The summed E-state index contributed by atoms with van der Waals surface area (Å²) < 4.78 is 5.00. The fourth-order valence-corrected chi connectivity index (χ4v) is 1.89. The van der Waals surface area contributed by atoms with Gasteiger partial charge in [-0.15, -0.1) is 0 Å². The van der Waals surface area contributed by atoms with Crippen LogP contribution < -0.4 is 10.1 Å². The first-order valence-electron chi connectivity index (χ1n) is 5.54.